The van der Waals surface area contributed by atoms with Crippen LogP contribution >= 0.6 is 0 Å². The minimum Gasteiger partial charge on any atom is -0.391 e. The summed E-state index contributed by atoms with van der Waals surface area (Å²) in [7, 11) is 3.45. The topological polar surface area (TPSA) is 90.0 Å². The van der Waals surface area contributed by atoms with Gasteiger partial charge >= 0.3 is 0 Å². The van der Waals surface area contributed by atoms with Crippen LogP contribution in [0.15, 0.2) is 30.3 Å². The van der Waals surface area contributed by atoms with Crippen molar-refractivity contribution in [2.24, 2.45) is 5.92 Å². The van der Waals surface area contributed by atoms with E-state index in [1.807, 2.05) is 18.2 Å². The van der Waals surface area contributed by atoms with E-state index in [9.17, 15) is 19.5 Å². The summed E-state index contributed by atoms with van der Waals surface area (Å²) >= 11 is 0. The van der Waals surface area contributed by atoms with Gasteiger partial charge in [-0.05, 0) is 31.2 Å². The van der Waals surface area contributed by atoms with Gasteiger partial charge in [-0.1, -0.05) is 30.3 Å². The largest absolute Gasteiger partial charge is 0.391 e. The van der Waals surface area contributed by atoms with Crippen LogP contribution in [0.2, 0.25) is 0 Å². The number of hydrogen-bond acceptors (Lipinski definition) is 4. The van der Waals surface area contributed by atoms with Gasteiger partial charge in [-0.15, -0.1) is 0 Å². The van der Waals surface area contributed by atoms with Gasteiger partial charge in [0, 0.05) is 45.9 Å². The number of benzene rings is 1. The van der Waals surface area contributed by atoms with Gasteiger partial charge in [-0.3, -0.25) is 14.4 Å². The van der Waals surface area contributed by atoms with Crippen LogP contribution in [0.3, 0.4) is 0 Å². The molecule has 3 rings (SSSR count). The molecule has 1 saturated heterocycles. The maximum absolute atomic E-state index is 13.0. The van der Waals surface area contributed by atoms with Crippen molar-refractivity contribution in [3.8, 4) is 0 Å². The molecule has 0 unspecified atom stereocenters. The van der Waals surface area contributed by atoms with Crippen LogP contribution in [-0.2, 0) is 19.8 Å². The molecule has 1 aromatic carbocycles. The molecule has 1 aromatic rings. The number of amides is 3. The minimum atomic E-state index is -0.642. The number of hydrogen-bond donors (Lipinski definition) is 2. The Labute approximate surface area is 178 Å². The molecule has 2 aliphatic rings. The highest BCUT2D eigenvalue weighted by atomic mass is 16.3. The summed E-state index contributed by atoms with van der Waals surface area (Å²) in [4.78, 5) is 39.7. The number of carbonyl (C=O) groups is 3. The molecule has 30 heavy (non-hydrogen) atoms. The van der Waals surface area contributed by atoms with Crippen molar-refractivity contribution in [1.29, 1.82) is 0 Å². The van der Waals surface area contributed by atoms with Crippen molar-refractivity contribution in [2.75, 3.05) is 27.2 Å². The molecule has 0 bridgehead atoms. The Morgan fingerprint density at radius 3 is 2.50 bits per heavy atom. The molecule has 1 heterocycles. The van der Waals surface area contributed by atoms with E-state index in [-0.39, 0.29) is 41.5 Å². The lowest BCUT2D eigenvalue weighted by Gasteiger charge is -2.34. The second kappa shape index (κ2) is 9.16. The molecule has 2 N–H and O–H groups in total. The summed E-state index contributed by atoms with van der Waals surface area (Å²) in [5, 5.41) is 13.9. The van der Waals surface area contributed by atoms with Crippen LogP contribution in [-0.4, -0.2) is 72.0 Å². The zero-order valence-corrected chi connectivity index (χ0v) is 18.1. The Kier molecular flexibility index (Phi) is 6.81. The van der Waals surface area contributed by atoms with Crippen LogP contribution in [0.4, 0.5) is 0 Å². The zero-order valence-electron chi connectivity index (χ0n) is 18.1. The van der Waals surface area contributed by atoms with Crippen molar-refractivity contribution in [2.45, 2.75) is 56.6 Å². The summed E-state index contributed by atoms with van der Waals surface area (Å²) in [6.45, 7) is 2.45. The molecule has 7 heteroatoms. The summed E-state index contributed by atoms with van der Waals surface area (Å²) in [6.07, 6.45) is 2.24. The quantitative estimate of drug-likeness (QED) is 0.710. The van der Waals surface area contributed by atoms with Crippen molar-refractivity contribution < 1.29 is 19.5 Å². The molecular formula is C23H33N3O4. The van der Waals surface area contributed by atoms with Crippen LogP contribution in [0, 0.1) is 5.92 Å². The highest BCUT2D eigenvalue weighted by Gasteiger charge is 2.42. The first-order chi connectivity index (χ1) is 14.2. The van der Waals surface area contributed by atoms with E-state index in [0.717, 1.165) is 18.4 Å². The fourth-order valence-corrected chi connectivity index (χ4v) is 4.94. The molecule has 7 nitrogen and oxygen atoms in total. The smallest absolute Gasteiger partial charge is 0.228 e. The van der Waals surface area contributed by atoms with E-state index in [1.165, 1.54) is 6.92 Å². The van der Waals surface area contributed by atoms with E-state index < -0.39 is 6.10 Å². The van der Waals surface area contributed by atoms with Crippen molar-refractivity contribution >= 4 is 17.7 Å². The normalized spacial score (nSPS) is 29.4. The van der Waals surface area contributed by atoms with Crippen LogP contribution in [0.1, 0.15) is 44.6 Å². The Balaban J connectivity index is 1.78. The number of aliphatic hydroxyl groups is 1. The Hall–Kier alpha value is -2.41. The number of carbonyl (C=O) groups excluding carboxylic acids is 3. The number of likely N-dealkylation sites (tertiary alicyclic amines) is 1. The van der Waals surface area contributed by atoms with Gasteiger partial charge < -0.3 is 20.2 Å². The lowest BCUT2D eigenvalue weighted by atomic mass is 9.74. The summed E-state index contributed by atoms with van der Waals surface area (Å²) in [5.41, 5.74) is 0.861. The third-order valence-electron chi connectivity index (χ3n) is 6.88. The second-order valence-corrected chi connectivity index (χ2v) is 8.89. The minimum absolute atomic E-state index is 0.0124. The first kappa shape index (κ1) is 22.3. The third-order valence-corrected chi connectivity index (χ3v) is 6.88. The number of rotatable bonds is 5. The van der Waals surface area contributed by atoms with Crippen LogP contribution in [0.25, 0.3) is 0 Å². The van der Waals surface area contributed by atoms with Gasteiger partial charge in [0.15, 0.2) is 0 Å². The van der Waals surface area contributed by atoms with Gasteiger partial charge in [0.05, 0.1) is 18.1 Å². The highest BCUT2D eigenvalue weighted by molar-refractivity contribution is 5.89. The van der Waals surface area contributed by atoms with E-state index in [2.05, 4.69) is 17.4 Å². The first-order valence-corrected chi connectivity index (χ1v) is 10.7. The standard InChI is InChI=1S/C23H33N3O4/c1-16(27)24-15-23(18-7-5-4-6-8-18)11-9-19(20(28)10-12-23)26(3)22(30)17-13-21(29)25(2)14-17/h4-8,17,19-20,28H,9-15H2,1-3H3,(H,24,27)/t17-,19+,20+,23-/m1/s1. The molecule has 164 valence electrons. The third kappa shape index (κ3) is 4.67. The molecule has 0 aromatic heterocycles. The molecule has 4 atom stereocenters. The van der Waals surface area contributed by atoms with Crippen LogP contribution in [0.5, 0.6) is 0 Å². The lowest BCUT2D eigenvalue weighted by molar-refractivity contribution is -0.139. The number of likely N-dealkylation sites (N-methyl/N-ethyl adjacent to an activating group) is 1. The predicted molar refractivity (Wildman–Crippen MR) is 114 cm³/mol. The SMILES string of the molecule is CC(=O)NC[C@]1(c2ccccc2)CC[C@H](O)[C@@H](N(C)C(=O)[C@@H]2CC(=O)N(C)C2)CC1. The van der Waals surface area contributed by atoms with E-state index in [1.54, 1.807) is 23.9 Å². The molecule has 1 aliphatic carbocycles. The van der Waals surface area contributed by atoms with Crippen molar-refractivity contribution in [3.63, 3.8) is 0 Å². The zero-order chi connectivity index (χ0) is 21.9. The maximum atomic E-state index is 13.0. The fraction of sp³-hybridized carbons (Fsp3) is 0.609. The van der Waals surface area contributed by atoms with Gasteiger partial charge in [0.25, 0.3) is 0 Å². The first-order valence-electron chi connectivity index (χ1n) is 10.7. The predicted octanol–water partition coefficient (Wildman–Crippen LogP) is 1.30. The highest BCUT2D eigenvalue weighted by Crippen LogP contribution is 2.39. The second-order valence-electron chi connectivity index (χ2n) is 8.89. The van der Waals surface area contributed by atoms with Crippen molar-refractivity contribution in [3.05, 3.63) is 35.9 Å². The summed E-state index contributed by atoms with van der Waals surface area (Å²) < 4.78 is 0. The van der Waals surface area contributed by atoms with Gasteiger partial charge in [-0.25, -0.2) is 0 Å². The average Bonchev–Trinajstić information content (AvgIpc) is 2.97. The van der Waals surface area contributed by atoms with Gasteiger partial charge in [0.1, 0.15) is 0 Å². The molecule has 3 amide bonds. The molecule has 1 saturated carbocycles. The van der Waals surface area contributed by atoms with E-state index >= 15 is 0 Å². The molecule has 0 radical (unpaired) electrons. The summed E-state index contributed by atoms with van der Waals surface area (Å²) in [6, 6.07) is 9.80. The monoisotopic (exact) mass is 415 g/mol. The van der Waals surface area contributed by atoms with E-state index in [0.29, 0.717) is 25.9 Å². The fourth-order valence-electron chi connectivity index (χ4n) is 4.94. The summed E-state index contributed by atoms with van der Waals surface area (Å²) in [5.74, 6) is -0.512. The van der Waals surface area contributed by atoms with Gasteiger partial charge in [-0.2, -0.15) is 0 Å². The van der Waals surface area contributed by atoms with Crippen molar-refractivity contribution in [1.82, 2.24) is 15.1 Å². The lowest BCUT2D eigenvalue weighted by Crippen LogP contribution is -2.47. The number of aliphatic hydroxyl groups excluding tert-OH is 1. The molecule has 2 fully saturated rings. The molecular weight excluding hydrogens is 382 g/mol. The Bertz CT molecular complexity index is 784. The maximum Gasteiger partial charge on any atom is 0.228 e. The Morgan fingerprint density at radius 1 is 1.23 bits per heavy atom. The molecule has 1 aliphatic heterocycles. The molecule has 0 spiro atoms. The average molecular weight is 416 g/mol. The number of nitrogens with one attached hydrogen (secondary N) is 1. The Morgan fingerprint density at radius 2 is 1.90 bits per heavy atom. The van der Waals surface area contributed by atoms with Gasteiger partial charge in [0.2, 0.25) is 17.7 Å². The van der Waals surface area contributed by atoms with E-state index in [4.69, 9.17) is 0 Å². The number of nitrogens with zero attached hydrogens (tertiary/aromatic N) is 2. The van der Waals surface area contributed by atoms with Crippen LogP contribution < -0.4 is 5.32 Å².